The zero-order valence-corrected chi connectivity index (χ0v) is 21.4. The van der Waals surface area contributed by atoms with E-state index in [-0.39, 0.29) is 19.1 Å². The second-order valence-corrected chi connectivity index (χ2v) is 8.52. The number of methoxy groups -OCH3 is 1. The third-order valence-corrected chi connectivity index (χ3v) is 5.70. The molecule has 0 aliphatic rings. The first-order chi connectivity index (χ1) is 18.5. The summed E-state index contributed by atoms with van der Waals surface area (Å²) in [5.41, 5.74) is 1.76. The van der Waals surface area contributed by atoms with Crippen LogP contribution in [0.2, 0.25) is 5.02 Å². The summed E-state index contributed by atoms with van der Waals surface area (Å²) in [5.74, 6) is 1.89. The number of benzene rings is 4. The second-order valence-electron chi connectivity index (χ2n) is 8.08. The Hall–Kier alpha value is -4.69. The fraction of sp³-hybridized carbons (Fsp3) is 0.103. The van der Waals surface area contributed by atoms with Crippen LogP contribution in [0.3, 0.4) is 0 Å². The summed E-state index contributed by atoms with van der Waals surface area (Å²) in [6, 6.07) is 29.7. The van der Waals surface area contributed by atoms with E-state index in [1.165, 1.54) is 12.0 Å². The number of rotatable bonds is 9. The number of nitrogens with zero attached hydrogens (tertiary/aromatic N) is 1. The number of halogens is 1. The van der Waals surface area contributed by atoms with Gasteiger partial charge in [-0.05, 0) is 72.8 Å². The lowest BCUT2D eigenvalue weighted by atomic mass is 10.2. The first kappa shape index (κ1) is 26.4. The number of carbonyl (C=O) groups is 2. The molecule has 0 aliphatic carbocycles. The summed E-state index contributed by atoms with van der Waals surface area (Å²) in [4.78, 5) is 27.2. The molecule has 4 aromatic rings. The maximum atomic E-state index is 13.2. The van der Waals surface area contributed by atoms with Crippen LogP contribution in [0, 0.1) is 0 Å². The second kappa shape index (κ2) is 13.0. The van der Waals surface area contributed by atoms with Crippen molar-refractivity contribution < 1.29 is 19.1 Å². The van der Waals surface area contributed by atoms with Gasteiger partial charge in [0.25, 0.3) is 0 Å². The molecule has 3 N–H and O–H groups in total. The van der Waals surface area contributed by atoms with E-state index in [0.717, 1.165) is 0 Å². The van der Waals surface area contributed by atoms with Crippen molar-refractivity contribution in [2.45, 2.75) is 0 Å². The molecule has 194 valence electrons. The van der Waals surface area contributed by atoms with Crippen molar-refractivity contribution in [1.29, 1.82) is 0 Å². The van der Waals surface area contributed by atoms with Crippen LogP contribution in [0.1, 0.15) is 0 Å². The minimum absolute atomic E-state index is 0.192. The van der Waals surface area contributed by atoms with E-state index in [9.17, 15) is 9.59 Å². The molecule has 0 aromatic heterocycles. The Morgan fingerprint density at radius 3 is 2.16 bits per heavy atom. The first-order valence-electron chi connectivity index (χ1n) is 11.9. The number of anilines is 3. The number of ether oxygens (including phenoxy) is 2. The predicted octanol–water partition coefficient (Wildman–Crippen LogP) is 7.00. The monoisotopic (exact) mass is 530 g/mol. The highest BCUT2D eigenvalue weighted by atomic mass is 35.5. The number of carbonyl (C=O) groups excluding carboxylic acids is 2. The SMILES string of the molecule is COc1ccccc1NC(=O)NCCN(C(=O)Nc1ccc(Cl)cc1)c1ccc(Oc2ccccc2)cc1. The Morgan fingerprint density at radius 2 is 1.45 bits per heavy atom. The van der Waals surface area contributed by atoms with Gasteiger partial charge in [-0.15, -0.1) is 0 Å². The summed E-state index contributed by atoms with van der Waals surface area (Å²) in [6.45, 7) is 0.398. The van der Waals surface area contributed by atoms with E-state index in [1.54, 1.807) is 66.7 Å². The molecule has 4 rings (SSSR count). The predicted molar refractivity (Wildman–Crippen MR) is 151 cm³/mol. The maximum absolute atomic E-state index is 13.2. The van der Waals surface area contributed by atoms with Crippen molar-refractivity contribution in [3.8, 4) is 17.2 Å². The molecular formula is C29H27ClN4O4. The summed E-state index contributed by atoms with van der Waals surface area (Å²) < 4.78 is 11.1. The van der Waals surface area contributed by atoms with Crippen LogP contribution >= 0.6 is 11.6 Å². The quantitative estimate of drug-likeness (QED) is 0.217. The highest BCUT2D eigenvalue weighted by molar-refractivity contribution is 6.30. The Kier molecular flexibility index (Phi) is 9.04. The molecule has 8 nitrogen and oxygen atoms in total. The smallest absolute Gasteiger partial charge is 0.326 e. The van der Waals surface area contributed by atoms with Crippen LogP contribution in [-0.4, -0.2) is 32.3 Å². The number of urea groups is 2. The van der Waals surface area contributed by atoms with Crippen LogP contribution in [0.25, 0.3) is 0 Å². The van der Waals surface area contributed by atoms with E-state index in [2.05, 4.69) is 16.0 Å². The van der Waals surface area contributed by atoms with Gasteiger partial charge >= 0.3 is 12.1 Å². The van der Waals surface area contributed by atoms with Crippen molar-refractivity contribution >= 4 is 40.7 Å². The van der Waals surface area contributed by atoms with Crippen LogP contribution in [0.4, 0.5) is 26.7 Å². The van der Waals surface area contributed by atoms with Crippen molar-refractivity contribution in [3.63, 3.8) is 0 Å². The van der Waals surface area contributed by atoms with E-state index in [0.29, 0.717) is 39.3 Å². The highest BCUT2D eigenvalue weighted by Gasteiger charge is 2.17. The molecule has 0 fully saturated rings. The Balaban J connectivity index is 1.43. The number of para-hydroxylation sites is 3. The van der Waals surface area contributed by atoms with E-state index in [1.807, 2.05) is 36.4 Å². The van der Waals surface area contributed by atoms with E-state index in [4.69, 9.17) is 21.1 Å². The summed E-state index contributed by atoms with van der Waals surface area (Å²) >= 11 is 5.97. The third kappa shape index (κ3) is 7.41. The lowest BCUT2D eigenvalue weighted by molar-refractivity contribution is 0.250. The van der Waals surface area contributed by atoms with Crippen molar-refractivity contribution in [1.82, 2.24) is 5.32 Å². The van der Waals surface area contributed by atoms with Gasteiger partial charge in [0.15, 0.2) is 0 Å². The molecule has 0 saturated carbocycles. The summed E-state index contributed by atoms with van der Waals surface area (Å²) in [5, 5.41) is 8.98. The van der Waals surface area contributed by atoms with E-state index >= 15 is 0 Å². The number of nitrogens with one attached hydrogen (secondary N) is 3. The Morgan fingerprint density at radius 1 is 0.789 bits per heavy atom. The van der Waals surface area contributed by atoms with Gasteiger partial charge in [0.05, 0.1) is 12.8 Å². The van der Waals surface area contributed by atoms with Crippen LogP contribution in [0.15, 0.2) is 103 Å². The molecule has 0 radical (unpaired) electrons. The molecule has 38 heavy (non-hydrogen) atoms. The van der Waals surface area contributed by atoms with Crippen molar-refractivity contribution in [2.75, 3.05) is 35.7 Å². The molecule has 0 atom stereocenters. The molecule has 0 heterocycles. The molecular weight excluding hydrogens is 504 g/mol. The van der Waals surface area contributed by atoms with Gasteiger partial charge in [-0.1, -0.05) is 41.9 Å². The molecule has 4 amide bonds. The van der Waals surface area contributed by atoms with Gasteiger partial charge in [-0.2, -0.15) is 0 Å². The minimum Gasteiger partial charge on any atom is -0.495 e. The highest BCUT2D eigenvalue weighted by Crippen LogP contribution is 2.25. The molecule has 9 heteroatoms. The van der Waals surface area contributed by atoms with Gasteiger partial charge < -0.3 is 25.4 Å². The molecule has 0 spiro atoms. The minimum atomic E-state index is -0.417. The van der Waals surface area contributed by atoms with Gasteiger partial charge in [0, 0.05) is 29.5 Å². The molecule has 4 aromatic carbocycles. The van der Waals surface area contributed by atoms with Crippen LogP contribution < -0.4 is 30.3 Å². The van der Waals surface area contributed by atoms with Gasteiger partial charge in [-0.25, -0.2) is 9.59 Å². The first-order valence-corrected chi connectivity index (χ1v) is 12.2. The fourth-order valence-electron chi connectivity index (χ4n) is 3.59. The van der Waals surface area contributed by atoms with Crippen LogP contribution in [-0.2, 0) is 0 Å². The largest absolute Gasteiger partial charge is 0.495 e. The zero-order chi connectivity index (χ0) is 26.7. The van der Waals surface area contributed by atoms with Crippen molar-refractivity contribution in [2.24, 2.45) is 0 Å². The lowest BCUT2D eigenvalue weighted by Gasteiger charge is -2.24. The fourth-order valence-corrected chi connectivity index (χ4v) is 3.71. The summed E-state index contributed by atoms with van der Waals surface area (Å²) in [6.07, 6.45) is 0. The number of amides is 4. The number of hydrogen-bond donors (Lipinski definition) is 3. The van der Waals surface area contributed by atoms with E-state index < -0.39 is 6.03 Å². The zero-order valence-electron chi connectivity index (χ0n) is 20.7. The topological polar surface area (TPSA) is 91.9 Å². The van der Waals surface area contributed by atoms with Gasteiger partial charge in [-0.3, -0.25) is 4.90 Å². The Labute approximate surface area is 226 Å². The van der Waals surface area contributed by atoms with Gasteiger partial charge in [0.1, 0.15) is 17.2 Å². The third-order valence-electron chi connectivity index (χ3n) is 5.44. The molecule has 0 bridgehead atoms. The Bertz CT molecular complexity index is 1350. The normalized spacial score (nSPS) is 10.3. The number of hydrogen-bond acceptors (Lipinski definition) is 4. The average molecular weight is 531 g/mol. The lowest BCUT2D eigenvalue weighted by Crippen LogP contribution is -2.42. The van der Waals surface area contributed by atoms with Crippen LogP contribution in [0.5, 0.6) is 17.2 Å². The van der Waals surface area contributed by atoms with Gasteiger partial charge in [0.2, 0.25) is 0 Å². The standard InChI is InChI=1S/C29H27ClN4O4/c1-37-27-10-6-5-9-26(27)33-28(35)31-19-20-34(29(36)32-22-13-11-21(30)12-14-22)23-15-17-25(18-16-23)38-24-7-3-2-4-8-24/h2-18H,19-20H2,1H3,(H,32,36)(H2,31,33,35). The maximum Gasteiger partial charge on any atom is 0.326 e. The molecule has 0 saturated heterocycles. The average Bonchev–Trinajstić information content (AvgIpc) is 2.94. The molecule has 0 unspecified atom stereocenters. The summed E-state index contributed by atoms with van der Waals surface area (Å²) in [7, 11) is 1.53. The van der Waals surface area contributed by atoms with Crippen molar-refractivity contribution in [3.05, 3.63) is 108 Å². The molecule has 0 aliphatic heterocycles.